The molecule has 1 aliphatic rings. The van der Waals surface area contributed by atoms with Gasteiger partial charge in [0.15, 0.2) is 0 Å². The van der Waals surface area contributed by atoms with E-state index in [4.69, 9.17) is 4.74 Å². The number of carbonyl (C=O) groups is 2. The quantitative estimate of drug-likeness (QED) is 0.726. The van der Waals surface area contributed by atoms with E-state index in [1.807, 2.05) is 18.2 Å². The van der Waals surface area contributed by atoms with Gasteiger partial charge in [0.2, 0.25) is 5.91 Å². The highest BCUT2D eigenvalue weighted by atomic mass is 35.5. The highest BCUT2D eigenvalue weighted by Crippen LogP contribution is 2.38. The fourth-order valence-electron chi connectivity index (χ4n) is 3.16. The van der Waals surface area contributed by atoms with E-state index in [1.54, 1.807) is 13.8 Å². The minimum atomic E-state index is -0.340. The van der Waals surface area contributed by atoms with Gasteiger partial charge >= 0.3 is 5.97 Å². The van der Waals surface area contributed by atoms with Gasteiger partial charge in [0, 0.05) is 30.9 Å². The molecule has 2 aromatic rings. The van der Waals surface area contributed by atoms with Crippen LogP contribution < -0.4 is 5.32 Å². The zero-order valence-corrected chi connectivity index (χ0v) is 17.3. The van der Waals surface area contributed by atoms with Crippen LogP contribution in [-0.2, 0) is 29.0 Å². The van der Waals surface area contributed by atoms with Gasteiger partial charge in [0.25, 0.3) is 0 Å². The first-order chi connectivity index (χ1) is 12.6. The summed E-state index contributed by atoms with van der Waals surface area (Å²) < 4.78 is 5.23. The predicted octanol–water partition coefficient (Wildman–Crippen LogP) is 4.25. The average molecular weight is 409 g/mol. The van der Waals surface area contributed by atoms with E-state index in [1.165, 1.54) is 16.9 Å². The molecule has 1 amide bonds. The van der Waals surface area contributed by atoms with E-state index in [9.17, 15) is 9.59 Å². The maximum absolute atomic E-state index is 12.5. The van der Waals surface area contributed by atoms with Crippen LogP contribution in [0.2, 0.25) is 0 Å². The van der Waals surface area contributed by atoms with Gasteiger partial charge in [-0.15, -0.1) is 23.7 Å². The third-order valence-corrected chi connectivity index (χ3v) is 5.57. The molecule has 3 rings (SSSR count). The van der Waals surface area contributed by atoms with E-state index in [-0.39, 0.29) is 24.3 Å². The van der Waals surface area contributed by atoms with Gasteiger partial charge in [-0.25, -0.2) is 4.79 Å². The van der Waals surface area contributed by atoms with Crippen LogP contribution in [-0.4, -0.2) is 29.9 Å². The number of fused-ring (bicyclic) bond motifs is 1. The Kier molecular flexibility index (Phi) is 7.83. The number of nitrogens with zero attached hydrogens (tertiary/aromatic N) is 1. The topological polar surface area (TPSA) is 58.6 Å². The van der Waals surface area contributed by atoms with Crippen LogP contribution in [0.5, 0.6) is 0 Å². The Morgan fingerprint density at radius 3 is 2.63 bits per heavy atom. The fraction of sp³-hybridized carbons (Fsp3) is 0.400. The molecule has 1 N–H and O–H groups in total. The Morgan fingerprint density at radius 2 is 1.96 bits per heavy atom. The molecular formula is C20H25ClN2O3S. The van der Waals surface area contributed by atoms with Crippen LogP contribution in [0.4, 0.5) is 5.00 Å². The van der Waals surface area contributed by atoms with Crippen molar-refractivity contribution in [2.24, 2.45) is 0 Å². The number of benzene rings is 1. The van der Waals surface area contributed by atoms with Crippen LogP contribution in [0, 0.1) is 0 Å². The highest BCUT2D eigenvalue weighted by Gasteiger charge is 2.29. The summed E-state index contributed by atoms with van der Waals surface area (Å²) in [5, 5.41) is 3.51. The SMILES string of the molecule is CCOC(=O)c1c(NC(=O)CC)sc2c1CCN(Cc1ccccc1)C2.Cl. The average Bonchev–Trinajstić information content (AvgIpc) is 2.99. The molecule has 146 valence electrons. The van der Waals surface area contributed by atoms with E-state index in [0.29, 0.717) is 23.6 Å². The summed E-state index contributed by atoms with van der Waals surface area (Å²) >= 11 is 1.50. The molecule has 0 fully saturated rings. The zero-order valence-electron chi connectivity index (χ0n) is 15.6. The molecule has 2 heterocycles. The summed E-state index contributed by atoms with van der Waals surface area (Å²) in [4.78, 5) is 27.8. The Balaban J connectivity index is 0.00000261. The van der Waals surface area contributed by atoms with Gasteiger partial charge in [-0.1, -0.05) is 37.3 Å². The standard InChI is InChI=1S/C20H24N2O3S.ClH/c1-3-17(23)21-19-18(20(24)25-4-2)15-10-11-22(13-16(15)26-19)12-14-8-6-5-7-9-14;/h5-9H,3-4,10-13H2,1-2H3,(H,21,23);1H. The first kappa shape index (κ1) is 21.4. The molecule has 0 unspecified atom stereocenters. The second kappa shape index (κ2) is 9.88. The minimum Gasteiger partial charge on any atom is -0.462 e. The molecule has 0 saturated carbocycles. The molecule has 27 heavy (non-hydrogen) atoms. The number of halogens is 1. The van der Waals surface area contributed by atoms with Gasteiger partial charge in [-0.05, 0) is 24.5 Å². The molecule has 1 aromatic heterocycles. The lowest BCUT2D eigenvalue weighted by Gasteiger charge is -2.27. The molecule has 1 aromatic carbocycles. The third kappa shape index (κ3) is 5.09. The number of carbonyl (C=O) groups excluding carboxylic acids is 2. The summed E-state index contributed by atoms with van der Waals surface area (Å²) in [6.07, 6.45) is 1.17. The normalized spacial score (nSPS) is 13.4. The second-order valence-corrected chi connectivity index (χ2v) is 7.38. The molecular weight excluding hydrogens is 384 g/mol. The van der Waals surface area contributed by atoms with Crippen LogP contribution >= 0.6 is 23.7 Å². The van der Waals surface area contributed by atoms with Crippen molar-refractivity contribution in [3.63, 3.8) is 0 Å². The van der Waals surface area contributed by atoms with Crippen molar-refractivity contribution in [2.45, 2.75) is 39.8 Å². The summed E-state index contributed by atoms with van der Waals surface area (Å²) in [6, 6.07) is 10.4. The Morgan fingerprint density at radius 1 is 1.22 bits per heavy atom. The first-order valence-corrected chi connectivity index (χ1v) is 9.81. The molecule has 0 spiro atoms. The smallest absolute Gasteiger partial charge is 0.341 e. The van der Waals surface area contributed by atoms with Crippen molar-refractivity contribution < 1.29 is 14.3 Å². The lowest BCUT2D eigenvalue weighted by atomic mass is 10.0. The molecule has 0 aliphatic carbocycles. The molecule has 0 atom stereocenters. The molecule has 7 heteroatoms. The summed E-state index contributed by atoms with van der Waals surface area (Å²) in [5.41, 5.74) is 2.86. The number of nitrogens with one attached hydrogen (secondary N) is 1. The van der Waals surface area contributed by atoms with Crippen molar-refractivity contribution in [3.05, 3.63) is 51.9 Å². The number of esters is 1. The van der Waals surface area contributed by atoms with E-state index < -0.39 is 0 Å². The van der Waals surface area contributed by atoms with Crippen LogP contribution in [0.1, 0.15) is 46.6 Å². The maximum Gasteiger partial charge on any atom is 0.341 e. The van der Waals surface area contributed by atoms with Gasteiger partial charge < -0.3 is 10.1 Å². The van der Waals surface area contributed by atoms with Crippen LogP contribution in [0.25, 0.3) is 0 Å². The number of amides is 1. The second-order valence-electron chi connectivity index (χ2n) is 6.28. The number of ether oxygens (including phenoxy) is 1. The van der Waals surface area contributed by atoms with E-state index in [0.717, 1.165) is 36.5 Å². The number of hydrogen-bond acceptors (Lipinski definition) is 5. The summed E-state index contributed by atoms with van der Waals surface area (Å²) in [6.45, 7) is 6.46. The van der Waals surface area contributed by atoms with Crippen molar-refractivity contribution >= 4 is 40.6 Å². The minimum absolute atomic E-state index is 0. The summed E-state index contributed by atoms with van der Waals surface area (Å²) in [5.74, 6) is -0.428. The largest absolute Gasteiger partial charge is 0.462 e. The fourth-order valence-corrected chi connectivity index (χ4v) is 4.45. The van der Waals surface area contributed by atoms with Gasteiger partial charge in [0.1, 0.15) is 5.00 Å². The highest BCUT2D eigenvalue weighted by molar-refractivity contribution is 7.17. The summed E-state index contributed by atoms with van der Waals surface area (Å²) in [7, 11) is 0. The van der Waals surface area contributed by atoms with Gasteiger partial charge in [-0.2, -0.15) is 0 Å². The Hall–Kier alpha value is -1.89. The van der Waals surface area contributed by atoms with E-state index >= 15 is 0 Å². The predicted molar refractivity (Wildman–Crippen MR) is 111 cm³/mol. The first-order valence-electron chi connectivity index (χ1n) is 9.00. The zero-order chi connectivity index (χ0) is 18.5. The molecule has 0 bridgehead atoms. The van der Waals surface area contributed by atoms with Crippen molar-refractivity contribution in [1.82, 2.24) is 4.90 Å². The maximum atomic E-state index is 12.5. The van der Waals surface area contributed by atoms with E-state index in [2.05, 4.69) is 22.3 Å². The van der Waals surface area contributed by atoms with Crippen LogP contribution in [0.3, 0.4) is 0 Å². The number of rotatable bonds is 6. The number of anilines is 1. The molecule has 0 saturated heterocycles. The lowest BCUT2D eigenvalue weighted by Crippen LogP contribution is -2.29. The third-order valence-electron chi connectivity index (χ3n) is 4.44. The van der Waals surface area contributed by atoms with Crippen molar-refractivity contribution in [2.75, 3.05) is 18.5 Å². The number of hydrogen-bond donors (Lipinski definition) is 1. The van der Waals surface area contributed by atoms with Crippen molar-refractivity contribution in [3.8, 4) is 0 Å². The molecule has 5 nitrogen and oxygen atoms in total. The Bertz CT molecular complexity index is 792. The van der Waals surface area contributed by atoms with Crippen LogP contribution in [0.15, 0.2) is 30.3 Å². The number of thiophene rings is 1. The van der Waals surface area contributed by atoms with Crippen molar-refractivity contribution in [1.29, 1.82) is 0 Å². The Labute approximate surface area is 170 Å². The molecule has 0 radical (unpaired) electrons. The molecule has 1 aliphatic heterocycles. The monoisotopic (exact) mass is 408 g/mol. The van der Waals surface area contributed by atoms with Gasteiger partial charge in [-0.3, -0.25) is 9.69 Å². The lowest BCUT2D eigenvalue weighted by molar-refractivity contribution is -0.115. The van der Waals surface area contributed by atoms with Gasteiger partial charge in [0.05, 0.1) is 12.2 Å².